The number of nitrogens with two attached hydrogens (primary N) is 1. The van der Waals surface area contributed by atoms with Crippen LogP contribution < -0.4 is 11.3 Å². The van der Waals surface area contributed by atoms with Crippen LogP contribution in [0.5, 0.6) is 0 Å². The Balaban J connectivity index is 2.48. The molecule has 1 aromatic heterocycles. The molecule has 2 rings (SSSR count). The number of halogens is 3. The summed E-state index contributed by atoms with van der Waals surface area (Å²) in [6.07, 6.45) is -2.05. The SMILES string of the molecule is NCCCc1c[nH]n(-c2ccccc2C(F)(F)F)c1=O. The normalized spacial score (nSPS) is 11.8. The molecule has 0 aliphatic carbocycles. The molecular weight excluding hydrogens is 271 g/mol. The predicted octanol–water partition coefficient (Wildman–Crippen LogP) is 2.08. The number of hydrogen-bond acceptors (Lipinski definition) is 2. The van der Waals surface area contributed by atoms with Crippen molar-refractivity contribution in [3.63, 3.8) is 0 Å². The van der Waals surface area contributed by atoms with Gasteiger partial charge in [0, 0.05) is 11.8 Å². The van der Waals surface area contributed by atoms with Crippen molar-refractivity contribution in [2.45, 2.75) is 19.0 Å². The van der Waals surface area contributed by atoms with E-state index >= 15 is 0 Å². The van der Waals surface area contributed by atoms with Crippen LogP contribution in [0.3, 0.4) is 0 Å². The third kappa shape index (κ3) is 2.77. The van der Waals surface area contributed by atoms with E-state index in [1.165, 1.54) is 24.4 Å². The minimum absolute atomic E-state index is 0.205. The maximum atomic E-state index is 12.9. The molecule has 0 saturated carbocycles. The van der Waals surface area contributed by atoms with E-state index < -0.39 is 17.3 Å². The zero-order valence-corrected chi connectivity index (χ0v) is 10.6. The summed E-state index contributed by atoms with van der Waals surface area (Å²) < 4.78 is 39.7. The number of benzene rings is 1. The highest BCUT2D eigenvalue weighted by molar-refractivity contribution is 5.42. The molecule has 20 heavy (non-hydrogen) atoms. The van der Waals surface area contributed by atoms with E-state index in [-0.39, 0.29) is 5.69 Å². The van der Waals surface area contributed by atoms with Gasteiger partial charge in [0.1, 0.15) is 0 Å². The second kappa shape index (κ2) is 5.54. The monoisotopic (exact) mass is 285 g/mol. The van der Waals surface area contributed by atoms with Gasteiger partial charge in [-0.2, -0.15) is 13.2 Å². The van der Waals surface area contributed by atoms with Crippen molar-refractivity contribution >= 4 is 0 Å². The molecule has 0 fully saturated rings. The summed E-state index contributed by atoms with van der Waals surface area (Å²) in [6, 6.07) is 4.95. The number of alkyl halides is 3. The van der Waals surface area contributed by atoms with Gasteiger partial charge < -0.3 is 5.73 Å². The van der Waals surface area contributed by atoms with Gasteiger partial charge in [0.2, 0.25) is 0 Å². The van der Waals surface area contributed by atoms with Crippen LogP contribution >= 0.6 is 0 Å². The summed E-state index contributed by atoms with van der Waals surface area (Å²) in [5.74, 6) is 0. The summed E-state index contributed by atoms with van der Waals surface area (Å²) in [5, 5.41) is 2.58. The fourth-order valence-corrected chi connectivity index (χ4v) is 1.97. The molecule has 0 radical (unpaired) electrons. The van der Waals surface area contributed by atoms with Crippen LogP contribution in [0.4, 0.5) is 13.2 Å². The van der Waals surface area contributed by atoms with E-state index in [2.05, 4.69) is 5.10 Å². The lowest BCUT2D eigenvalue weighted by Gasteiger charge is -2.12. The first-order chi connectivity index (χ1) is 9.45. The van der Waals surface area contributed by atoms with Crippen LogP contribution in [0.15, 0.2) is 35.3 Å². The number of rotatable bonds is 4. The number of aromatic amines is 1. The number of H-pyrrole nitrogens is 1. The molecule has 0 unspecified atom stereocenters. The fraction of sp³-hybridized carbons (Fsp3) is 0.308. The van der Waals surface area contributed by atoms with E-state index in [1.807, 2.05) is 0 Å². The van der Waals surface area contributed by atoms with Gasteiger partial charge in [0.15, 0.2) is 0 Å². The number of hydrogen-bond donors (Lipinski definition) is 2. The van der Waals surface area contributed by atoms with Crippen molar-refractivity contribution in [3.05, 3.63) is 51.9 Å². The zero-order valence-electron chi connectivity index (χ0n) is 10.6. The molecule has 4 nitrogen and oxygen atoms in total. The molecule has 0 aliphatic heterocycles. The van der Waals surface area contributed by atoms with Crippen molar-refractivity contribution in [2.75, 3.05) is 6.54 Å². The number of nitrogens with zero attached hydrogens (tertiary/aromatic N) is 1. The minimum Gasteiger partial charge on any atom is -0.330 e. The lowest BCUT2D eigenvalue weighted by molar-refractivity contribution is -0.137. The van der Waals surface area contributed by atoms with Crippen LogP contribution in [-0.2, 0) is 12.6 Å². The maximum Gasteiger partial charge on any atom is 0.418 e. The van der Waals surface area contributed by atoms with Crippen molar-refractivity contribution < 1.29 is 13.2 Å². The highest BCUT2D eigenvalue weighted by Gasteiger charge is 2.34. The first kappa shape index (κ1) is 14.4. The van der Waals surface area contributed by atoms with Crippen LogP contribution in [0.2, 0.25) is 0 Å². The van der Waals surface area contributed by atoms with E-state index in [4.69, 9.17) is 5.73 Å². The van der Waals surface area contributed by atoms with Gasteiger partial charge >= 0.3 is 6.18 Å². The number of aryl methyl sites for hydroxylation is 1. The predicted molar refractivity (Wildman–Crippen MR) is 68.8 cm³/mol. The highest BCUT2D eigenvalue weighted by Crippen LogP contribution is 2.32. The van der Waals surface area contributed by atoms with E-state index in [9.17, 15) is 18.0 Å². The molecule has 0 amide bonds. The van der Waals surface area contributed by atoms with Gasteiger partial charge in [-0.25, -0.2) is 4.68 Å². The van der Waals surface area contributed by atoms with Crippen LogP contribution in [0.1, 0.15) is 17.5 Å². The Bertz CT molecular complexity index is 643. The molecule has 0 atom stereocenters. The molecule has 7 heteroatoms. The van der Waals surface area contributed by atoms with Crippen molar-refractivity contribution in [1.82, 2.24) is 9.78 Å². The average molecular weight is 285 g/mol. The molecule has 1 aromatic carbocycles. The third-order valence-corrected chi connectivity index (χ3v) is 2.95. The zero-order chi connectivity index (χ0) is 14.8. The second-order valence-electron chi connectivity index (χ2n) is 4.35. The van der Waals surface area contributed by atoms with Crippen LogP contribution in [0.25, 0.3) is 5.69 Å². The fourth-order valence-electron chi connectivity index (χ4n) is 1.97. The quantitative estimate of drug-likeness (QED) is 0.903. The van der Waals surface area contributed by atoms with Gasteiger partial charge in [0.25, 0.3) is 5.56 Å². The van der Waals surface area contributed by atoms with E-state index in [0.29, 0.717) is 24.9 Å². The van der Waals surface area contributed by atoms with Crippen molar-refractivity contribution in [1.29, 1.82) is 0 Å². The number of para-hydroxylation sites is 1. The largest absolute Gasteiger partial charge is 0.418 e. The second-order valence-corrected chi connectivity index (χ2v) is 4.35. The molecule has 0 bridgehead atoms. The standard InChI is InChI=1S/C13H14F3N3O/c14-13(15,16)10-5-1-2-6-11(10)19-12(20)9(8-18-19)4-3-7-17/h1-2,5-6,8,18H,3-4,7,17H2. The van der Waals surface area contributed by atoms with E-state index in [0.717, 1.165) is 10.7 Å². The van der Waals surface area contributed by atoms with Gasteiger partial charge in [0.05, 0.1) is 11.3 Å². The van der Waals surface area contributed by atoms with Crippen LogP contribution in [-0.4, -0.2) is 16.3 Å². The van der Waals surface area contributed by atoms with Gasteiger partial charge in [-0.3, -0.25) is 9.89 Å². The number of nitrogens with one attached hydrogen (secondary N) is 1. The van der Waals surface area contributed by atoms with E-state index in [1.54, 1.807) is 0 Å². The topological polar surface area (TPSA) is 63.8 Å². The summed E-state index contributed by atoms with van der Waals surface area (Å²) in [7, 11) is 0. The molecule has 0 spiro atoms. The summed E-state index contributed by atoms with van der Waals surface area (Å²) >= 11 is 0. The highest BCUT2D eigenvalue weighted by atomic mass is 19.4. The Kier molecular flexibility index (Phi) is 3.99. The molecule has 2 aromatic rings. The Labute approximate surface area is 113 Å². The van der Waals surface area contributed by atoms with Crippen LogP contribution in [0, 0.1) is 0 Å². The van der Waals surface area contributed by atoms with Crippen molar-refractivity contribution in [3.8, 4) is 5.69 Å². The Hall–Kier alpha value is -2.02. The summed E-state index contributed by atoms with van der Waals surface area (Å²) in [5.41, 5.74) is 4.25. The summed E-state index contributed by atoms with van der Waals surface area (Å²) in [6.45, 7) is 0.420. The lowest BCUT2D eigenvalue weighted by Crippen LogP contribution is -2.21. The first-order valence-electron chi connectivity index (χ1n) is 6.11. The van der Waals surface area contributed by atoms with Gasteiger partial charge in [-0.15, -0.1) is 0 Å². The first-order valence-corrected chi connectivity index (χ1v) is 6.11. The minimum atomic E-state index is -4.52. The van der Waals surface area contributed by atoms with Gasteiger partial charge in [-0.05, 0) is 31.5 Å². The molecule has 108 valence electrons. The molecule has 0 aliphatic rings. The van der Waals surface area contributed by atoms with Crippen molar-refractivity contribution in [2.24, 2.45) is 5.73 Å². The lowest BCUT2D eigenvalue weighted by atomic mass is 10.1. The Morgan fingerprint density at radius 3 is 2.60 bits per heavy atom. The molecule has 0 saturated heterocycles. The molecular formula is C13H14F3N3O. The molecule has 3 N–H and O–H groups in total. The average Bonchev–Trinajstić information content (AvgIpc) is 2.76. The smallest absolute Gasteiger partial charge is 0.330 e. The summed E-state index contributed by atoms with van der Waals surface area (Å²) in [4.78, 5) is 12.1. The third-order valence-electron chi connectivity index (χ3n) is 2.95. The Morgan fingerprint density at radius 1 is 1.25 bits per heavy atom. The Morgan fingerprint density at radius 2 is 1.95 bits per heavy atom. The maximum absolute atomic E-state index is 12.9. The number of aromatic nitrogens is 2. The van der Waals surface area contributed by atoms with Gasteiger partial charge in [-0.1, -0.05) is 12.1 Å². The molecule has 1 heterocycles.